The quantitative estimate of drug-likeness (QED) is 0.564. The molecule has 9 heteroatoms. The zero-order chi connectivity index (χ0) is 21.6. The lowest BCUT2D eigenvalue weighted by atomic mass is 10.1. The molecule has 154 valence electrons. The highest BCUT2D eigenvalue weighted by atomic mass is 32.2. The minimum atomic E-state index is -3.83. The van der Waals surface area contributed by atoms with Gasteiger partial charge in [-0.05, 0) is 55.5 Å². The molecule has 0 aliphatic carbocycles. The van der Waals surface area contributed by atoms with Crippen LogP contribution >= 0.6 is 0 Å². The summed E-state index contributed by atoms with van der Waals surface area (Å²) in [6.45, 7) is 1.95. The van der Waals surface area contributed by atoms with E-state index in [-0.39, 0.29) is 16.8 Å². The number of aromatic nitrogens is 2. The van der Waals surface area contributed by atoms with Crippen LogP contribution in [0.4, 0.5) is 11.6 Å². The SMILES string of the molecule is COc1ccc(C)cc1/C=C/C(=O)Nc1ccc(S(=O)(=O)Nc2ncccn2)cc1. The number of carbonyl (C=O) groups excluding carboxylic acids is 1. The molecule has 0 saturated carbocycles. The Balaban J connectivity index is 1.67. The van der Waals surface area contributed by atoms with Gasteiger partial charge in [-0.25, -0.2) is 23.1 Å². The summed E-state index contributed by atoms with van der Waals surface area (Å²) in [7, 11) is -2.27. The molecule has 0 bridgehead atoms. The molecule has 8 nitrogen and oxygen atoms in total. The highest BCUT2D eigenvalue weighted by Gasteiger charge is 2.15. The summed E-state index contributed by atoms with van der Waals surface area (Å²) in [5, 5.41) is 2.69. The number of hydrogen-bond acceptors (Lipinski definition) is 6. The van der Waals surface area contributed by atoms with Crippen LogP contribution in [0.15, 0.2) is 71.9 Å². The Kier molecular flexibility index (Phi) is 6.43. The summed E-state index contributed by atoms with van der Waals surface area (Å²) in [5.74, 6) is 0.283. The largest absolute Gasteiger partial charge is 0.496 e. The zero-order valence-corrected chi connectivity index (χ0v) is 17.2. The van der Waals surface area contributed by atoms with E-state index in [2.05, 4.69) is 20.0 Å². The van der Waals surface area contributed by atoms with Crippen LogP contribution < -0.4 is 14.8 Å². The molecule has 2 N–H and O–H groups in total. The van der Waals surface area contributed by atoms with Gasteiger partial charge in [0.05, 0.1) is 12.0 Å². The molecule has 0 aliphatic heterocycles. The Labute approximate surface area is 174 Å². The van der Waals surface area contributed by atoms with Crippen LogP contribution in [0, 0.1) is 6.92 Å². The predicted octanol–water partition coefficient (Wildman–Crippen LogP) is 3.25. The van der Waals surface area contributed by atoms with Crippen LogP contribution in [0.25, 0.3) is 6.08 Å². The molecular weight excluding hydrogens is 404 g/mol. The first-order valence-electron chi connectivity index (χ1n) is 8.91. The van der Waals surface area contributed by atoms with E-state index in [0.717, 1.165) is 11.1 Å². The van der Waals surface area contributed by atoms with Crippen LogP contribution in [0.5, 0.6) is 5.75 Å². The number of aryl methyl sites for hydroxylation is 1. The minimum Gasteiger partial charge on any atom is -0.496 e. The van der Waals surface area contributed by atoms with Crippen LogP contribution in [-0.2, 0) is 14.8 Å². The molecule has 1 amide bonds. The summed E-state index contributed by atoms with van der Waals surface area (Å²) in [6.07, 6.45) is 5.91. The molecule has 30 heavy (non-hydrogen) atoms. The minimum absolute atomic E-state index is 0.0213. The maximum atomic E-state index is 12.4. The molecule has 3 aromatic rings. The van der Waals surface area contributed by atoms with Crippen molar-refractivity contribution in [2.75, 3.05) is 17.1 Å². The van der Waals surface area contributed by atoms with Gasteiger partial charge in [0.2, 0.25) is 11.9 Å². The van der Waals surface area contributed by atoms with Crippen LogP contribution in [-0.4, -0.2) is 31.4 Å². The van der Waals surface area contributed by atoms with Gasteiger partial charge < -0.3 is 10.1 Å². The summed E-state index contributed by atoms with van der Waals surface area (Å²) in [5.41, 5.74) is 2.28. The van der Waals surface area contributed by atoms with Crippen molar-refractivity contribution in [2.45, 2.75) is 11.8 Å². The van der Waals surface area contributed by atoms with E-state index in [1.165, 1.54) is 42.7 Å². The molecule has 3 rings (SSSR count). The van der Waals surface area contributed by atoms with Crippen molar-refractivity contribution in [3.63, 3.8) is 0 Å². The van der Waals surface area contributed by atoms with E-state index < -0.39 is 10.0 Å². The van der Waals surface area contributed by atoms with Crippen molar-refractivity contribution in [3.05, 3.63) is 78.1 Å². The Bertz CT molecular complexity index is 1160. The van der Waals surface area contributed by atoms with Gasteiger partial charge in [-0.3, -0.25) is 4.79 Å². The van der Waals surface area contributed by atoms with Gasteiger partial charge in [-0.1, -0.05) is 11.6 Å². The van der Waals surface area contributed by atoms with E-state index >= 15 is 0 Å². The Morgan fingerprint density at radius 1 is 1.07 bits per heavy atom. The second-order valence-electron chi connectivity index (χ2n) is 6.27. The number of nitrogens with one attached hydrogen (secondary N) is 2. The third-order valence-electron chi connectivity index (χ3n) is 4.02. The predicted molar refractivity (Wildman–Crippen MR) is 115 cm³/mol. The lowest BCUT2D eigenvalue weighted by Crippen LogP contribution is -2.15. The normalized spacial score (nSPS) is 11.3. The van der Waals surface area contributed by atoms with Gasteiger partial charge in [-0.2, -0.15) is 0 Å². The fraction of sp³-hybridized carbons (Fsp3) is 0.0952. The topological polar surface area (TPSA) is 110 Å². The highest BCUT2D eigenvalue weighted by Crippen LogP contribution is 2.21. The number of amides is 1. The van der Waals surface area contributed by atoms with Gasteiger partial charge in [0.25, 0.3) is 10.0 Å². The first-order chi connectivity index (χ1) is 14.4. The van der Waals surface area contributed by atoms with Crippen LogP contribution in [0.3, 0.4) is 0 Å². The average molecular weight is 424 g/mol. The number of methoxy groups -OCH3 is 1. The van der Waals surface area contributed by atoms with Crippen molar-refractivity contribution in [2.24, 2.45) is 0 Å². The van der Waals surface area contributed by atoms with Crippen molar-refractivity contribution in [3.8, 4) is 5.75 Å². The summed E-state index contributed by atoms with van der Waals surface area (Å²) in [6, 6.07) is 13.0. The van der Waals surface area contributed by atoms with E-state index in [9.17, 15) is 13.2 Å². The first-order valence-corrected chi connectivity index (χ1v) is 10.4. The third kappa shape index (κ3) is 5.42. The van der Waals surface area contributed by atoms with Crippen LogP contribution in [0.2, 0.25) is 0 Å². The molecule has 0 spiro atoms. The Morgan fingerprint density at radius 2 is 1.77 bits per heavy atom. The molecule has 0 unspecified atom stereocenters. The number of carbonyl (C=O) groups is 1. The third-order valence-corrected chi connectivity index (χ3v) is 5.37. The number of hydrogen-bond donors (Lipinski definition) is 2. The second kappa shape index (κ2) is 9.19. The number of anilines is 2. The van der Waals surface area contributed by atoms with Crippen LogP contribution in [0.1, 0.15) is 11.1 Å². The van der Waals surface area contributed by atoms with E-state index in [1.807, 2.05) is 25.1 Å². The van der Waals surface area contributed by atoms with Gasteiger partial charge in [0, 0.05) is 29.7 Å². The van der Waals surface area contributed by atoms with Crippen molar-refractivity contribution >= 4 is 33.6 Å². The molecule has 0 aliphatic rings. The smallest absolute Gasteiger partial charge is 0.264 e. The fourth-order valence-corrected chi connectivity index (χ4v) is 3.54. The number of rotatable bonds is 7. The van der Waals surface area contributed by atoms with E-state index in [1.54, 1.807) is 19.3 Å². The molecule has 0 fully saturated rings. The van der Waals surface area contributed by atoms with E-state index in [4.69, 9.17) is 4.74 Å². The van der Waals surface area contributed by atoms with Crippen molar-refractivity contribution < 1.29 is 17.9 Å². The maximum Gasteiger partial charge on any atom is 0.264 e. The van der Waals surface area contributed by atoms with Gasteiger partial charge in [0.15, 0.2) is 0 Å². The van der Waals surface area contributed by atoms with E-state index in [0.29, 0.717) is 11.4 Å². The van der Waals surface area contributed by atoms with Gasteiger partial charge in [-0.15, -0.1) is 0 Å². The summed E-state index contributed by atoms with van der Waals surface area (Å²) >= 11 is 0. The highest BCUT2D eigenvalue weighted by molar-refractivity contribution is 7.92. The molecule has 0 saturated heterocycles. The number of sulfonamides is 1. The standard InChI is InChI=1S/C21H20N4O4S/c1-15-4-10-19(29-2)16(14-15)5-11-20(26)24-17-6-8-18(9-7-17)30(27,28)25-21-22-12-3-13-23-21/h3-14H,1-2H3,(H,24,26)(H,22,23,25)/b11-5+. The molecule has 1 aromatic heterocycles. The summed E-state index contributed by atoms with van der Waals surface area (Å²) in [4.78, 5) is 19.9. The molecule has 0 radical (unpaired) electrons. The molecular formula is C21H20N4O4S. The molecule has 0 atom stereocenters. The molecule has 2 aromatic carbocycles. The Morgan fingerprint density at radius 3 is 2.43 bits per heavy atom. The summed E-state index contributed by atoms with van der Waals surface area (Å²) < 4.78 is 32.3. The van der Waals surface area contributed by atoms with Crippen molar-refractivity contribution in [1.29, 1.82) is 0 Å². The Hall–Kier alpha value is -3.72. The van der Waals surface area contributed by atoms with Gasteiger partial charge in [0.1, 0.15) is 5.75 Å². The zero-order valence-electron chi connectivity index (χ0n) is 16.4. The van der Waals surface area contributed by atoms with Gasteiger partial charge >= 0.3 is 0 Å². The monoisotopic (exact) mass is 424 g/mol. The lowest BCUT2D eigenvalue weighted by molar-refractivity contribution is -0.111. The number of benzene rings is 2. The average Bonchev–Trinajstić information content (AvgIpc) is 2.73. The number of nitrogens with zero attached hydrogens (tertiary/aromatic N) is 2. The fourth-order valence-electron chi connectivity index (χ4n) is 2.58. The lowest BCUT2D eigenvalue weighted by Gasteiger charge is -2.08. The number of ether oxygens (including phenoxy) is 1. The maximum absolute atomic E-state index is 12.4. The molecule has 1 heterocycles. The first kappa shape index (κ1) is 21.0. The second-order valence-corrected chi connectivity index (χ2v) is 7.95. The van der Waals surface area contributed by atoms with Crippen molar-refractivity contribution in [1.82, 2.24) is 9.97 Å².